The zero-order valence-corrected chi connectivity index (χ0v) is 17.2. The highest BCUT2D eigenvalue weighted by atomic mass is 32.2. The van der Waals surface area contributed by atoms with Crippen molar-refractivity contribution in [1.29, 1.82) is 0 Å². The van der Waals surface area contributed by atoms with Crippen LogP contribution in [0.4, 0.5) is 5.69 Å². The lowest BCUT2D eigenvalue weighted by atomic mass is 10.0. The summed E-state index contributed by atoms with van der Waals surface area (Å²) in [5, 5.41) is 0. The summed E-state index contributed by atoms with van der Waals surface area (Å²) in [6, 6.07) is 16.3. The van der Waals surface area contributed by atoms with Crippen molar-refractivity contribution in [3.05, 3.63) is 54.1 Å². The number of rotatable bonds is 2. The van der Waals surface area contributed by atoms with Gasteiger partial charge in [-0.3, -0.25) is 4.79 Å². The molecule has 2 heterocycles. The summed E-state index contributed by atoms with van der Waals surface area (Å²) in [6.07, 6.45) is 0. The zero-order valence-electron chi connectivity index (χ0n) is 16.3. The molecule has 0 spiro atoms. The van der Waals surface area contributed by atoms with Crippen LogP contribution < -0.4 is 5.73 Å². The van der Waals surface area contributed by atoms with Gasteiger partial charge in [0.1, 0.15) is 5.84 Å². The maximum Gasteiger partial charge on any atom is 0.239 e. The lowest BCUT2D eigenvalue weighted by Crippen LogP contribution is -2.55. The highest BCUT2D eigenvalue weighted by Crippen LogP contribution is 2.40. The first-order chi connectivity index (χ1) is 13.5. The van der Waals surface area contributed by atoms with Gasteiger partial charge in [0.05, 0.1) is 11.7 Å². The summed E-state index contributed by atoms with van der Waals surface area (Å²) in [4.78, 5) is 24.2. The van der Waals surface area contributed by atoms with Crippen LogP contribution in [0.25, 0.3) is 0 Å². The Morgan fingerprint density at radius 2 is 1.64 bits per heavy atom. The second-order valence-corrected chi connectivity index (χ2v) is 8.67. The Bertz CT molecular complexity index is 903. The summed E-state index contributed by atoms with van der Waals surface area (Å²) < 4.78 is 0. The minimum absolute atomic E-state index is 0.0544. The standard InChI is InChI=1S/C22H26N4OS/c1-15(2)20(23)22(27)26-13-11-25(12-14-26)21-16-7-3-5-9-18(16)28-19-10-6-4-8-17(19)24-21/h3-10,15,20H,11-14,23H2,1-2H3/t20-/m1/s1. The number of nitrogens with two attached hydrogens (primary N) is 1. The van der Waals surface area contributed by atoms with Crippen molar-refractivity contribution in [2.45, 2.75) is 29.7 Å². The van der Waals surface area contributed by atoms with Gasteiger partial charge < -0.3 is 15.5 Å². The van der Waals surface area contributed by atoms with E-state index in [4.69, 9.17) is 10.7 Å². The molecule has 0 bridgehead atoms. The van der Waals surface area contributed by atoms with Crippen LogP contribution in [0.1, 0.15) is 19.4 Å². The molecule has 146 valence electrons. The molecule has 0 radical (unpaired) electrons. The Balaban J connectivity index is 1.59. The largest absolute Gasteiger partial charge is 0.353 e. The molecule has 2 N–H and O–H groups in total. The van der Waals surface area contributed by atoms with Gasteiger partial charge in [0.2, 0.25) is 5.91 Å². The van der Waals surface area contributed by atoms with Gasteiger partial charge in [0, 0.05) is 41.5 Å². The highest BCUT2D eigenvalue weighted by molar-refractivity contribution is 7.99. The summed E-state index contributed by atoms with van der Waals surface area (Å²) in [5.41, 5.74) is 8.23. The number of piperazine rings is 1. The third-order valence-electron chi connectivity index (χ3n) is 5.33. The Morgan fingerprint density at radius 1 is 1.00 bits per heavy atom. The molecule has 28 heavy (non-hydrogen) atoms. The summed E-state index contributed by atoms with van der Waals surface area (Å²) in [7, 11) is 0. The first-order valence-corrected chi connectivity index (χ1v) is 10.6. The van der Waals surface area contributed by atoms with Crippen LogP contribution in [0.3, 0.4) is 0 Å². The molecular formula is C22H26N4OS. The number of carbonyl (C=O) groups is 1. The van der Waals surface area contributed by atoms with E-state index in [-0.39, 0.29) is 11.8 Å². The van der Waals surface area contributed by atoms with Crippen LogP contribution >= 0.6 is 11.8 Å². The lowest BCUT2D eigenvalue weighted by molar-refractivity contribution is -0.134. The summed E-state index contributed by atoms with van der Waals surface area (Å²) in [5.74, 6) is 1.20. The summed E-state index contributed by atoms with van der Waals surface area (Å²) in [6.45, 7) is 6.85. The third-order valence-corrected chi connectivity index (χ3v) is 6.47. The minimum Gasteiger partial charge on any atom is -0.353 e. The number of amidine groups is 1. The fourth-order valence-electron chi connectivity index (χ4n) is 3.54. The number of benzene rings is 2. The van der Waals surface area contributed by atoms with E-state index in [1.807, 2.05) is 24.8 Å². The van der Waals surface area contributed by atoms with Gasteiger partial charge in [-0.1, -0.05) is 55.9 Å². The quantitative estimate of drug-likeness (QED) is 0.848. The van der Waals surface area contributed by atoms with E-state index in [2.05, 4.69) is 47.4 Å². The van der Waals surface area contributed by atoms with Crippen molar-refractivity contribution in [2.75, 3.05) is 26.2 Å². The average Bonchev–Trinajstić information content (AvgIpc) is 2.89. The molecule has 1 atom stereocenters. The van der Waals surface area contributed by atoms with Crippen molar-refractivity contribution in [3.8, 4) is 0 Å². The van der Waals surface area contributed by atoms with E-state index < -0.39 is 6.04 Å². The van der Waals surface area contributed by atoms with E-state index in [0.717, 1.165) is 30.2 Å². The van der Waals surface area contributed by atoms with Crippen LogP contribution in [0.2, 0.25) is 0 Å². The molecule has 0 aromatic heterocycles. The monoisotopic (exact) mass is 394 g/mol. The van der Waals surface area contributed by atoms with E-state index in [1.165, 1.54) is 9.79 Å². The smallest absolute Gasteiger partial charge is 0.239 e. The Hall–Kier alpha value is -2.31. The first-order valence-electron chi connectivity index (χ1n) is 9.79. The number of nitrogens with zero attached hydrogens (tertiary/aromatic N) is 3. The van der Waals surface area contributed by atoms with Gasteiger partial charge in [0.15, 0.2) is 0 Å². The number of amides is 1. The molecule has 0 aliphatic carbocycles. The molecule has 1 amide bonds. The van der Waals surface area contributed by atoms with Crippen molar-refractivity contribution in [2.24, 2.45) is 16.6 Å². The van der Waals surface area contributed by atoms with E-state index in [1.54, 1.807) is 11.8 Å². The van der Waals surface area contributed by atoms with Gasteiger partial charge >= 0.3 is 0 Å². The summed E-state index contributed by atoms with van der Waals surface area (Å²) >= 11 is 1.76. The maximum atomic E-state index is 12.6. The Labute approximate surface area is 170 Å². The lowest BCUT2D eigenvalue weighted by Gasteiger charge is -2.38. The number of aliphatic imine (C=N–C) groups is 1. The predicted molar refractivity (Wildman–Crippen MR) is 114 cm³/mol. The van der Waals surface area contributed by atoms with Gasteiger partial charge in [0.25, 0.3) is 0 Å². The third kappa shape index (κ3) is 3.66. The fraction of sp³-hybridized carbons (Fsp3) is 0.364. The van der Waals surface area contributed by atoms with Crippen molar-refractivity contribution < 1.29 is 4.79 Å². The average molecular weight is 395 g/mol. The molecule has 2 aromatic rings. The molecule has 2 aliphatic heterocycles. The minimum atomic E-state index is -0.425. The normalized spacial score (nSPS) is 17.5. The molecule has 0 saturated carbocycles. The second kappa shape index (κ2) is 7.97. The molecule has 1 fully saturated rings. The van der Waals surface area contributed by atoms with Crippen LogP contribution in [-0.4, -0.2) is 53.8 Å². The molecular weight excluding hydrogens is 368 g/mol. The number of para-hydroxylation sites is 1. The maximum absolute atomic E-state index is 12.6. The van der Waals surface area contributed by atoms with Gasteiger partial charge in [-0.15, -0.1) is 0 Å². The van der Waals surface area contributed by atoms with E-state index in [0.29, 0.717) is 13.1 Å². The van der Waals surface area contributed by atoms with Crippen molar-refractivity contribution >= 4 is 29.2 Å². The molecule has 2 aliphatic rings. The molecule has 6 heteroatoms. The zero-order chi connectivity index (χ0) is 19.7. The molecule has 1 saturated heterocycles. The predicted octanol–water partition coefficient (Wildman–Crippen LogP) is 3.36. The van der Waals surface area contributed by atoms with Crippen LogP contribution in [0.5, 0.6) is 0 Å². The van der Waals surface area contributed by atoms with E-state index >= 15 is 0 Å². The molecule has 2 aromatic carbocycles. The highest BCUT2D eigenvalue weighted by Gasteiger charge is 2.29. The van der Waals surface area contributed by atoms with Crippen LogP contribution in [0, 0.1) is 5.92 Å². The van der Waals surface area contributed by atoms with Gasteiger partial charge in [-0.25, -0.2) is 4.99 Å². The first kappa shape index (κ1) is 19.0. The van der Waals surface area contributed by atoms with Gasteiger partial charge in [-0.05, 0) is 24.1 Å². The number of fused-ring (bicyclic) bond motifs is 2. The van der Waals surface area contributed by atoms with Crippen LogP contribution in [-0.2, 0) is 4.79 Å². The van der Waals surface area contributed by atoms with Gasteiger partial charge in [-0.2, -0.15) is 0 Å². The second-order valence-electron chi connectivity index (χ2n) is 7.58. The Kier molecular flexibility index (Phi) is 5.42. The molecule has 0 unspecified atom stereocenters. The molecule has 5 nitrogen and oxygen atoms in total. The number of hydrogen-bond donors (Lipinski definition) is 1. The molecule has 4 rings (SSSR count). The van der Waals surface area contributed by atoms with Crippen LogP contribution in [0.15, 0.2) is 63.3 Å². The Morgan fingerprint density at radius 3 is 2.36 bits per heavy atom. The van der Waals surface area contributed by atoms with E-state index in [9.17, 15) is 4.79 Å². The van der Waals surface area contributed by atoms with Crippen molar-refractivity contribution in [3.63, 3.8) is 0 Å². The fourth-order valence-corrected chi connectivity index (χ4v) is 4.56. The SMILES string of the molecule is CC(C)[C@@H](N)C(=O)N1CCN(C2=Nc3ccccc3Sc3ccccc32)CC1. The van der Waals surface area contributed by atoms with Crippen molar-refractivity contribution in [1.82, 2.24) is 9.80 Å². The number of carbonyl (C=O) groups excluding carboxylic acids is 1. The number of hydrogen-bond acceptors (Lipinski definition) is 5. The topological polar surface area (TPSA) is 61.9 Å².